The van der Waals surface area contributed by atoms with Gasteiger partial charge in [-0.1, -0.05) is 19.9 Å². The van der Waals surface area contributed by atoms with Gasteiger partial charge in [0.05, 0.1) is 26.1 Å². The molecule has 6 nitrogen and oxygen atoms in total. The van der Waals surface area contributed by atoms with E-state index in [0.717, 1.165) is 17.8 Å². The minimum Gasteiger partial charge on any atom is -0.493 e. The number of aromatic nitrogens is 1. The van der Waals surface area contributed by atoms with Crippen molar-refractivity contribution >= 4 is 17.4 Å². The third-order valence-corrected chi connectivity index (χ3v) is 3.83. The summed E-state index contributed by atoms with van der Waals surface area (Å²) in [6.45, 7) is 5.18. The minimum atomic E-state index is -0.0739. The van der Waals surface area contributed by atoms with Crippen molar-refractivity contribution in [1.82, 2.24) is 4.98 Å². The molecule has 1 aromatic heterocycles. The van der Waals surface area contributed by atoms with Crippen LogP contribution in [0.3, 0.4) is 0 Å². The maximum Gasteiger partial charge on any atom is 0.225 e. The summed E-state index contributed by atoms with van der Waals surface area (Å²) in [5, 5.41) is 6.12. The molecule has 0 saturated carbocycles. The first-order chi connectivity index (χ1) is 12.5. The fourth-order valence-electron chi connectivity index (χ4n) is 2.39. The average Bonchev–Trinajstić information content (AvgIpc) is 2.65. The summed E-state index contributed by atoms with van der Waals surface area (Å²) in [6.07, 6.45) is 2.71. The van der Waals surface area contributed by atoms with Crippen molar-refractivity contribution in [2.24, 2.45) is 5.92 Å². The van der Waals surface area contributed by atoms with Crippen molar-refractivity contribution in [2.45, 2.75) is 26.7 Å². The number of benzene rings is 1. The number of pyridine rings is 1. The zero-order chi connectivity index (χ0) is 18.9. The molecule has 0 aliphatic rings. The molecular formula is C20H27N3O3. The number of hydrogen-bond acceptors (Lipinski definition) is 5. The van der Waals surface area contributed by atoms with Crippen LogP contribution >= 0.6 is 0 Å². The highest BCUT2D eigenvalue weighted by Gasteiger charge is 2.08. The Kier molecular flexibility index (Phi) is 7.26. The van der Waals surface area contributed by atoms with Crippen molar-refractivity contribution < 1.29 is 14.3 Å². The fourth-order valence-corrected chi connectivity index (χ4v) is 2.39. The molecule has 26 heavy (non-hydrogen) atoms. The topological polar surface area (TPSA) is 72.5 Å². The number of ether oxygens (including phenoxy) is 2. The number of aryl methyl sites for hydroxylation is 1. The summed E-state index contributed by atoms with van der Waals surface area (Å²) in [5.74, 6) is 2.38. The van der Waals surface area contributed by atoms with Crippen LogP contribution in [0.15, 0.2) is 36.5 Å². The Morgan fingerprint density at radius 3 is 2.50 bits per heavy atom. The van der Waals surface area contributed by atoms with Gasteiger partial charge < -0.3 is 20.1 Å². The zero-order valence-corrected chi connectivity index (χ0v) is 15.8. The first-order valence-corrected chi connectivity index (χ1v) is 8.72. The third-order valence-electron chi connectivity index (χ3n) is 3.83. The van der Waals surface area contributed by atoms with Gasteiger partial charge in [-0.3, -0.25) is 4.79 Å². The molecule has 2 aromatic rings. The van der Waals surface area contributed by atoms with E-state index in [1.165, 1.54) is 0 Å². The van der Waals surface area contributed by atoms with E-state index in [1.807, 2.05) is 24.3 Å². The standard InChI is InChI=1S/C20H27N3O3/c1-14(2)12-21-16-7-9-19(22-13-16)23-20(24)10-6-15-5-8-17(25-3)18(11-15)26-4/h5,7-9,11,13-14,21H,6,10,12H2,1-4H3,(H,22,23,24). The Labute approximate surface area is 154 Å². The Hall–Kier alpha value is -2.76. The molecule has 1 amide bonds. The summed E-state index contributed by atoms with van der Waals surface area (Å²) < 4.78 is 10.5. The summed E-state index contributed by atoms with van der Waals surface area (Å²) in [7, 11) is 3.20. The molecule has 1 aromatic carbocycles. The Morgan fingerprint density at radius 1 is 1.12 bits per heavy atom. The van der Waals surface area contributed by atoms with Crippen LogP contribution in [0.5, 0.6) is 11.5 Å². The number of hydrogen-bond donors (Lipinski definition) is 2. The van der Waals surface area contributed by atoms with E-state index in [4.69, 9.17) is 9.47 Å². The Morgan fingerprint density at radius 2 is 1.88 bits per heavy atom. The number of rotatable bonds is 9. The molecule has 0 spiro atoms. The predicted octanol–water partition coefficient (Wildman–Crippen LogP) is 3.74. The van der Waals surface area contributed by atoms with Crippen LogP contribution in [0, 0.1) is 5.92 Å². The average molecular weight is 357 g/mol. The number of nitrogens with zero attached hydrogens (tertiary/aromatic N) is 1. The first-order valence-electron chi connectivity index (χ1n) is 8.72. The quantitative estimate of drug-likeness (QED) is 0.715. The third kappa shape index (κ3) is 5.95. The van der Waals surface area contributed by atoms with Gasteiger partial charge in [0.1, 0.15) is 5.82 Å². The number of amides is 1. The van der Waals surface area contributed by atoms with Crippen LogP contribution in [0.25, 0.3) is 0 Å². The molecule has 2 rings (SSSR count). The first kappa shape index (κ1) is 19.6. The highest BCUT2D eigenvalue weighted by Crippen LogP contribution is 2.28. The van der Waals surface area contributed by atoms with Crippen LogP contribution in [0.2, 0.25) is 0 Å². The minimum absolute atomic E-state index is 0.0739. The lowest BCUT2D eigenvalue weighted by Gasteiger charge is -2.10. The van der Waals surface area contributed by atoms with E-state index in [0.29, 0.717) is 36.1 Å². The molecule has 0 unspecified atom stereocenters. The number of methoxy groups -OCH3 is 2. The molecule has 0 fully saturated rings. The summed E-state index contributed by atoms with van der Waals surface area (Å²) in [6, 6.07) is 9.38. The van der Waals surface area contributed by atoms with Crippen molar-refractivity contribution in [2.75, 3.05) is 31.4 Å². The molecular weight excluding hydrogens is 330 g/mol. The maximum atomic E-state index is 12.1. The van der Waals surface area contributed by atoms with Gasteiger partial charge in [-0.05, 0) is 42.2 Å². The summed E-state index contributed by atoms with van der Waals surface area (Å²) in [4.78, 5) is 16.4. The predicted molar refractivity (Wildman–Crippen MR) is 104 cm³/mol. The van der Waals surface area contributed by atoms with Gasteiger partial charge in [-0.25, -0.2) is 4.98 Å². The van der Waals surface area contributed by atoms with Gasteiger partial charge in [-0.15, -0.1) is 0 Å². The number of nitrogens with one attached hydrogen (secondary N) is 2. The second kappa shape index (κ2) is 9.65. The van der Waals surface area contributed by atoms with Crippen LogP contribution in [-0.4, -0.2) is 31.7 Å². The second-order valence-corrected chi connectivity index (χ2v) is 6.44. The SMILES string of the molecule is COc1ccc(CCC(=O)Nc2ccc(NCC(C)C)cn2)cc1OC. The van der Waals surface area contributed by atoms with Crippen LogP contribution in [-0.2, 0) is 11.2 Å². The summed E-state index contributed by atoms with van der Waals surface area (Å²) >= 11 is 0. The zero-order valence-electron chi connectivity index (χ0n) is 15.8. The van der Waals surface area contributed by atoms with Gasteiger partial charge in [0.2, 0.25) is 5.91 Å². The monoisotopic (exact) mass is 357 g/mol. The normalized spacial score (nSPS) is 10.5. The lowest BCUT2D eigenvalue weighted by atomic mass is 10.1. The van der Waals surface area contributed by atoms with Crippen LogP contribution < -0.4 is 20.1 Å². The van der Waals surface area contributed by atoms with Gasteiger partial charge in [0, 0.05) is 13.0 Å². The van der Waals surface area contributed by atoms with Crippen molar-refractivity contribution in [3.63, 3.8) is 0 Å². The van der Waals surface area contributed by atoms with Crippen molar-refractivity contribution in [3.8, 4) is 11.5 Å². The molecule has 0 aliphatic carbocycles. The highest BCUT2D eigenvalue weighted by molar-refractivity contribution is 5.89. The van der Waals surface area contributed by atoms with Gasteiger partial charge in [0.15, 0.2) is 11.5 Å². The second-order valence-electron chi connectivity index (χ2n) is 6.44. The molecule has 0 radical (unpaired) electrons. The Balaban J connectivity index is 1.85. The van der Waals surface area contributed by atoms with Crippen LogP contribution in [0.4, 0.5) is 11.5 Å². The molecule has 140 valence electrons. The van der Waals surface area contributed by atoms with Gasteiger partial charge in [0.25, 0.3) is 0 Å². The van der Waals surface area contributed by atoms with E-state index in [9.17, 15) is 4.79 Å². The fraction of sp³-hybridized carbons (Fsp3) is 0.400. The molecule has 0 bridgehead atoms. The summed E-state index contributed by atoms with van der Waals surface area (Å²) in [5.41, 5.74) is 1.96. The van der Waals surface area contributed by atoms with Crippen molar-refractivity contribution in [1.29, 1.82) is 0 Å². The van der Waals surface area contributed by atoms with Crippen molar-refractivity contribution in [3.05, 3.63) is 42.1 Å². The van der Waals surface area contributed by atoms with E-state index in [-0.39, 0.29) is 5.91 Å². The molecule has 0 aliphatic heterocycles. The van der Waals surface area contributed by atoms with Gasteiger partial charge in [-0.2, -0.15) is 0 Å². The largest absolute Gasteiger partial charge is 0.493 e. The van der Waals surface area contributed by atoms with E-state index < -0.39 is 0 Å². The number of carbonyl (C=O) groups excluding carboxylic acids is 1. The van der Waals surface area contributed by atoms with E-state index >= 15 is 0 Å². The number of anilines is 2. The van der Waals surface area contributed by atoms with Gasteiger partial charge >= 0.3 is 0 Å². The lowest BCUT2D eigenvalue weighted by Crippen LogP contribution is -2.14. The van der Waals surface area contributed by atoms with E-state index in [2.05, 4.69) is 29.5 Å². The molecule has 1 heterocycles. The highest BCUT2D eigenvalue weighted by atomic mass is 16.5. The van der Waals surface area contributed by atoms with Crippen LogP contribution in [0.1, 0.15) is 25.8 Å². The Bertz CT molecular complexity index is 715. The molecule has 2 N–H and O–H groups in total. The van der Waals surface area contributed by atoms with E-state index in [1.54, 1.807) is 26.5 Å². The molecule has 6 heteroatoms. The smallest absolute Gasteiger partial charge is 0.225 e. The maximum absolute atomic E-state index is 12.1. The molecule has 0 saturated heterocycles. The lowest BCUT2D eigenvalue weighted by molar-refractivity contribution is -0.116. The number of carbonyl (C=O) groups is 1. The molecule has 0 atom stereocenters.